The van der Waals surface area contributed by atoms with Gasteiger partial charge in [0.1, 0.15) is 0 Å². The van der Waals surface area contributed by atoms with E-state index in [9.17, 15) is 5.11 Å². The van der Waals surface area contributed by atoms with Gasteiger partial charge in [-0.15, -0.1) is 0 Å². The molecule has 0 saturated carbocycles. The van der Waals surface area contributed by atoms with Gasteiger partial charge in [0, 0.05) is 12.6 Å². The zero-order chi connectivity index (χ0) is 14.5. The Morgan fingerprint density at radius 2 is 1.95 bits per heavy atom. The minimum Gasteiger partial charge on any atom is -0.387 e. The third-order valence-electron chi connectivity index (χ3n) is 4.70. The van der Waals surface area contributed by atoms with Crippen LogP contribution in [0.2, 0.25) is 0 Å². The maximum Gasteiger partial charge on any atom is 0.0947 e. The zero-order valence-corrected chi connectivity index (χ0v) is 13.1. The van der Waals surface area contributed by atoms with Gasteiger partial charge in [-0.3, -0.25) is 4.90 Å². The van der Waals surface area contributed by atoms with E-state index in [-0.39, 0.29) is 12.1 Å². The highest BCUT2D eigenvalue weighted by atomic mass is 16.3. The van der Waals surface area contributed by atoms with Gasteiger partial charge in [0.25, 0.3) is 0 Å². The lowest BCUT2D eigenvalue weighted by Gasteiger charge is -2.42. The van der Waals surface area contributed by atoms with Gasteiger partial charge >= 0.3 is 0 Å². The molecule has 0 radical (unpaired) electrons. The fraction of sp³-hybridized carbons (Fsp3) is 0.667. The number of hydrogen-bond donors (Lipinski definition) is 1. The topological polar surface area (TPSA) is 23.5 Å². The average molecular weight is 275 g/mol. The van der Waals surface area contributed by atoms with E-state index in [1.54, 1.807) is 0 Å². The molecule has 0 aromatic heterocycles. The van der Waals surface area contributed by atoms with Crippen molar-refractivity contribution in [2.75, 3.05) is 13.1 Å². The number of rotatable bonds is 5. The van der Waals surface area contributed by atoms with Crippen LogP contribution in [-0.2, 0) is 0 Å². The van der Waals surface area contributed by atoms with Crippen molar-refractivity contribution in [1.29, 1.82) is 0 Å². The first kappa shape index (κ1) is 15.5. The second kappa shape index (κ2) is 7.24. The van der Waals surface area contributed by atoms with E-state index in [2.05, 4.69) is 25.7 Å². The molecule has 1 heterocycles. The Balaban J connectivity index is 2.14. The van der Waals surface area contributed by atoms with Crippen LogP contribution in [0, 0.1) is 11.8 Å². The van der Waals surface area contributed by atoms with Crippen molar-refractivity contribution in [2.24, 2.45) is 11.8 Å². The van der Waals surface area contributed by atoms with E-state index in [1.807, 2.05) is 30.3 Å². The molecular formula is C18H29NO. The van der Waals surface area contributed by atoms with E-state index >= 15 is 0 Å². The molecule has 0 amide bonds. The summed E-state index contributed by atoms with van der Waals surface area (Å²) < 4.78 is 0. The number of benzene rings is 1. The molecule has 1 saturated heterocycles. The quantitative estimate of drug-likeness (QED) is 0.882. The molecule has 2 heteroatoms. The lowest BCUT2D eigenvalue weighted by Crippen LogP contribution is -2.48. The summed E-state index contributed by atoms with van der Waals surface area (Å²) >= 11 is 0. The van der Waals surface area contributed by atoms with Crippen LogP contribution >= 0.6 is 0 Å². The summed E-state index contributed by atoms with van der Waals surface area (Å²) in [5.41, 5.74) is 1.05. The van der Waals surface area contributed by atoms with Crippen LogP contribution in [-0.4, -0.2) is 29.1 Å². The fourth-order valence-corrected chi connectivity index (χ4v) is 3.53. The molecule has 1 fully saturated rings. The van der Waals surface area contributed by atoms with Gasteiger partial charge in [-0.2, -0.15) is 0 Å². The molecule has 20 heavy (non-hydrogen) atoms. The first-order valence-corrected chi connectivity index (χ1v) is 8.10. The molecule has 112 valence electrons. The Morgan fingerprint density at radius 3 is 2.55 bits per heavy atom. The van der Waals surface area contributed by atoms with Crippen molar-refractivity contribution in [3.8, 4) is 0 Å². The second-order valence-corrected chi connectivity index (χ2v) is 6.50. The van der Waals surface area contributed by atoms with Crippen LogP contribution in [0.15, 0.2) is 30.3 Å². The fourth-order valence-electron chi connectivity index (χ4n) is 3.53. The Hall–Kier alpha value is -0.860. The molecule has 1 aromatic carbocycles. The summed E-state index contributed by atoms with van der Waals surface area (Å²) in [6, 6.07) is 10.4. The number of nitrogens with zero attached hydrogens (tertiary/aromatic N) is 1. The van der Waals surface area contributed by atoms with Gasteiger partial charge in [0.15, 0.2) is 0 Å². The number of aliphatic hydroxyl groups is 1. The van der Waals surface area contributed by atoms with Crippen molar-refractivity contribution < 1.29 is 5.11 Å². The highest BCUT2D eigenvalue weighted by Crippen LogP contribution is 2.30. The lowest BCUT2D eigenvalue weighted by molar-refractivity contribution is 0.0000339. The minimum atomic E-state index is -0.383. The van der Waals surface area contributed by atoms with Crippen molar-refractivity contribution >= 4 is 0 Å². The predicted molar refractivity (Wildman–Crippen MR) is 84.6 cm³/mol. The number of piperidine rings is 1. The molecule has 2 nitrogen and oxygen atoms in total. The van der Waals surface area contributed by atoms with Gasteiger partial charge in [0.05, 0.1) is 6.10 Å². The summed E-state index contributed by atoms with van der Waals surface area (Å²) in [5, 5.41) is 10.8. The Morgan fingerprint density at radius 1 is 1.25 bits per heavy atom. The highest BCUT2D eigenvalue weighted by molar-refractivity contribution is 5.19. The number of likely N-dealkylation sites (tertiary alicyclic amines) is 1. The van der Waals surface area contributed by atoms with Crippen molar-refractivity contribution in [2.45, 2.75) is 52.2 Å². The average Bonchev–Trinajstić information content (AvgIpc) is 2.48. The molecule has 3 unspecified atom stereocenters. The summed E-state index contributed by atoms with van der Waals surface area (Å²) in [4.78, 5) is 2.53. The molecule has 1 N–H and O–H groups in total. The van der Waals surface area contributed by atoms with Gasteiger partial charge < -0.3 is 5.11 Å². The molecule has 1 aliphatic rings. The molecule has 1 aliphatic heterocycles. The van der Waals surface area contributed by atoms with Gasteiger partial charge in [-0.25, -0.2) is 0 Å². The Labute approximate surface area is 123 Å². The van der Waals surface area contributed by atoms with Crippen LogP contribution in [0.4, 0.5) is 0 Å². The third kappa shape index (κ3) is 3.62. The SMILES string of the molecule is CCC1CCCN(C(C(C)C)C(O)c2ccccc2)C1. The molecule has 0 bridgehead atoms. The number of aliphatic hydroxyl groups excluding tert-OH is 1. The molecule has 0 aliphatic carbocycles. The van der Waals surface area contributed by atoms with Crippen molar-refractivity contribution in [3.63, 3.8) is 0 Å². The first-order valence-electron chi connectivity index (χ1n) is 8.10. The predicted octanol–water partition coefficient (Wildman–Crippen LogP) is 3.87. The van der Waals surface area contributed by atoms with E-state index < -0.39 is 0 Å². The van der Waals surface area contributed by atoms with Crippen molar-refractivity contribution in [3.05, 3.63) is 35.9 Å². The molecule has 0 spiro atoms. The third-order valence-corrected chi connectivity index (χ3v) is 4.70. The van der Waals surface area contributed by atoms with Crippen molar-refractivity contribution in [1.82, 2.24) is 4.90 Å². The normalized spacial score (nSPS) is 23.8. The van der Waals surface area contributed by atoms with Gasteiger partial charge in [-0.1, -0.05) is 57.5 Å². The van der Waals surface area contributed by atoms with E-state index in [1.165, 1.54) is 19.3 Å². The van der Waals surface area contributed by atoms with Crippen LogP contribution < -0.4 is 0 Å². The molecule has 2 rings (SSSR count). The lowest BCUT2D eigenvalue weighted by atomic mass is 9.87. The van der Waals surface area contributed by atoms with Crippen LogP contribution in [0.1, 0.15) is 51.7 Å². The summed E-state index contributed by atoms with van der Waals surface area (Å²) in [6.07, 6.45) is 3.48. The molecule has 3 atom stereocenters. The van der Waals surface area contributed by atoms with E-state index in [0.717, 1.165) is 24.6 Å². The minimum absolute atomic E-state index is 0.228. The standard InChI is InChI=1S/C18H29NO/c1-4-15-9-8-12-19(13-15)17(14(2)3)18(20)16-10-6-5-7-11-16/h5-7,10-11,14-15,17-18,20H,4,8-9,12-13H2,1-3H3. The summed E-state index contributed by atoms with van der Waals surface area (Å²) in [7, 11) is 0. The smallest absolute Gasteiger partial charge is 0.0947 e. The van der Waals surface area contributed by atoms with Gasteiger partial charge in [0.2, 0.25) is 0 Å². The van der Waals surface area contributed by atoms with Crippen LogP contribution in [0.25, 0.3) is 0 Å². The maximum absolute atomic E-state index is 10.8. The number of hydrogen-bond acceptors (Lipinski definition) is 2. The maximum atomic E-state index is 10.8. The van der Waals surface area contributed by atoms with Crippen LogP contribution in [0.5, 0.6) is 0 Å². The highest BCUT2D eigenvalue weighted by Gasteiger charge is 2.32. The Kier molecular flexibility index (Phi) is 5.62. The van der Waals surface area contributed by atoms with E-state index in [0.29, 0.717) is 5.92 Å². The largest absolute Gasteiger partial charge is 0.387 e. The summed E-state index contributed by atoms with van der Waals surface area (Å²) in [6.45, 7) is 9.01. The first-order chi connectivity index (χ1) is 9.63. The van der Waals surface area contributed by atoms with E-state index in [4.69, 9.17) is 0 Å². The zero-order valence-electron chi connectivity index (χ0n) is 13.1. The second-order valence-electron chi connectivity index (χ2n) is 6.50. The van der Waals surface area contributed by atoms with Gasteiger partial charge in [-0.05, 0) is 36.8 Å². The monoisotopic (exact) mass is 275 g/mol. The summed E-state index contributed by atoms with van der Waals surface area (Å²) in [5.74, 6) is 1.26. The molecular weight excluding hydrogens is 246 g/mol. The molecule has 1 aromatic rings. The Bertz CT molecular complexity index is 390. The van der Waals surface area contributed by atoms with Crippen LogP contribution in [0.3, 0.4) is 0 Å².